The molecule has 0 radical (unpaired) electrons. The molecule has 0 aliphatic heterocycles. The van der Waals surface area contributed by atoms with Gasteiger partial charge < -0.3 is 9.63 Å². The normalized spacial score (nSPS) is 11.3. The van der Waals surface area contributed by atoms with Crippen LogP contribution in [0.1, 0.15) is 26.5 Å². The lowest BCUT2D eigenvalue weighted by atomic mass is 9.92. The number of carbonyl (C=O) groups is 2. The third kappa shape index (κ3) is 4.79. The summed E-state index contributed by atoms with van der Waals surface area (Å²) >= 11 is 1.03. The number of nitrogens with zero attached hydrogens (tertiary/aromatic N) is 1. The maximum Gasteiger partial charge on any atom is 0.313 e. The number of aromatic nitrogens is 1. The number of rotatable bonds is 5. The Morgan fingerprint density at radius 3 is 2.61 bits per heavy atom. The first kappa shape index (κ1) is 14.6. The summed E-state index contributed by atoms with van der Waals surface area (Å²) in [6.45, 7) is 5.96. The predicted molar refractivity (Wildman–Crippen MR) is 68.8 cm³/mol. The highest BCUT2D eigenvalue weighted by molar-refractivity contribution is 8.00. The van der Waals surface area contributed by atoms with Gasteiger partial charge in [-0.25, -0.2) is 0 Å². The predicted octanol–water partition coefficient (Wildman–Crippen LogP) is 1.73. The van der Waals surface area contributed by atoms with Gasteiger partial charge in [-0.05, 0) is 0 Å². The Hall–Kier alpha value is -1.50. The molecule has 0 saturated heterocycles. The zero-order valence-corrected chi connectivity index (χ0v) is 11.3. The van der Waals surface area contributed by atoms with E-state index in [0.29, 0.717) is 0 Å². The topological polar surface area (TPSA) is 92.4 Å². The number of carbonyl (C=O) groups excluding carboxylic acids is 1. The molecular weight excluding hydrogens is 256 g/mol. The molecule has 0 unspecified atom stereocenters. The Morgan fingerprint density at radius 1 is 1.44 bits per heavy atom. The van der Waals surface area contributed by atoms with Gasteiger partial charge in [0.05, 0.1) is 17.2 Å². The van der Waals surface area contributed by atoms with Crippen LogP contribution in [0, 0.1) is 0 Å². The van der Waals surface area contributed by atoms with Crippen LogP contribution in [-0.4, -0.2) is 33.6 Å². The number of anilines is 1. The summed E-state index contributed by atoms with van der Waals surface area (Å²) in [5.74, 6) is -1.00. The van der Waals surface area contributed by atoms with Crippen LogP contribution in [0.4, 0.5) is 5.88 Å². The van der Waals surface area contributed by atoms with Gasteiger partial charge in [0, 0.05) is 11.5 Å². The molecule has 18 heavy (non-hydrogen) atoms. The van der Waals surface area contributed by atoms with Gasteiger partial charge in [-0.2, -0.15) is 0 Å². The summed E-state index contributed by atoms with van der Waals surface area (Å²) in [7, 11) is 0. The lowest BCUT2D eigenvalue weighted by molar-refractivity contribution is -0.133. The molecular formula is C11H16N2O4S. The van der Waals surface area contributed by atoms with Crippen molar-refractivity contribution in [3.05, 3.63) is 11.8 Å². The van der Waals surface area contributed by atoms with Gasteiger partial charge >= 0.3 is 5.97 Å². The fraction of sp³-hybridized carbons (Fsp3) is 0.545. The Balaban J connectivity index is 2.45. The maximum absolute atomic E-state index is 11.4. The van der Waals surface area contributed by atoms with E-state index < -0.39 is 5.97 Å². The summed E-state index contributed by atoms with van der Waals surface area (Å²) < 4.78 is 4.98. The second kappa shape index (κ2) is 5.90. The van der Waals surface area contributed by atoms with E-state index in [1.165, 1.54) is 0 Å². The van der Waals surface area contributed by atoms with Crippen molar-refractivity contribution in [2.45, 2.75) is 26.2 Å². The standard InChI is InChI=1S/C11H16N2O4S/c1-11(2,3)7-4-9(17-13-7)12-8(14)5-18-6-10(15)16/h4H,5-6H2,1-3H3,(H,12,14)(H,15,16). The van der Waals surface area contributed by atoms with Crippen molar-refractivity contribution in [1.82, 2.24) is 5.16 Å². The fourth-order valence-electron chi connectivity index (χ4n) is 1.09. The van der Waals surface area contributed by atoms with Crippen molar-refractivity contribution in [2.24, 2.45) is 0 Å². The summed E-state index contributed by atoms with van der Waals surface area (Å²) in [5, 5.41) is 14.8. The van der Waals surface area contributed by atoms with Crippen LogP contribution < -0.4 is 5.32 Å². The molecule has 0 atom stereocenters. The molecule has 1 aromatic heterocycles. The van der Waals surface area contributed by atoms with E-state index in [0.717, 1.165) is 17.5 Å². The van der Waals surface area contributed by atoms with Crippen molar-refractivity contribution < 1.29 is 19.2 Å². The number of thioether (sulfide) groups is 1. The first-order valence-electron chi connectivity index (χ1n) is 5.35. The molecule has 0 saturated carbocycles. The molecule has 1 heterocycles. The van der Waals surface area contributed by atoms with Crippen LogP contribution >= 0.6 is 11.8 Å². The Bertz CT molecular complexity index is 436. The van der Waals surface area contributed by atoms with E-state index in [1.54, 1.807) is 6.07 Å². The van der Waals surface area contributed by atoms with Gasteiger partial charge in [-0.3, -0.25) is 14.9 Å². The molecule has 0 aliphatic rings. The minimum absolute atomic E-state index is 0.0673. The number of aliphatic carboxylic acids is 1. The first-order valence-corrected chi connectivity index (χ1v) is 6.51. The Labute approximate surface area is 109 Å². The summed E-state index contributed by atoms with van der Waals surface area (Å²) in [6, 6.07) is 1.67. The van der Waals surface area contributed by atoms with Gasteiger partial charge in [0.15, 0.2) is 0 Å². The third-order valence-corrected chi connectivity index (χ3v) is 2.92. The Kier molecular flexibility index (Phi) is 4.77. The lowest BCUT2D eigenvalue weighted by Crippen LogP contribution is -2.15. The summed E-state index contributed by atoms with van der Waals surface area (Å²) in [5.41, 5.74) is 0.598. The van der Waals surface area contributed by atoms with Crippen LogP contribution in [0.2, 0.25) is 0 Å². The number of hydrogen-bond donors (Lipinski definition) is 2. The minimum Gasteiger partial charge on any atom is -0.481 e. The SMILES string of the molecule is CC(C)(C)c1cc(NC(=O)CSCC(=O)O)on1. The first-order chi connectivity index (χ1) is 8.29. The number of nitrogens with one attached hydrogen (secondary N) is 1. The third-order valence-electron chi connectivity index (χ3n) is 2.00. The summed E-state index contributed by atoms with van der Waals surface area (Å²) in [4.78, 5) is 21.7. The van der Waals surface area contributed by atoms with Crippen LogP contribution in [0.5, 0.6) is 0 Å². The van der Waals surface area contributed by atoms with Crippen molar-refractivity contribution in [1.29, 1.82) is 0 Å². The summed E-state index contributed by atoms with van der Waals surface area (Å²) in [6.07, 6.45) is 0. The van der Waals surface area contributed by atoms with E-state index in [9.17, 15) is 9.59 Å². The van der Waals surface area contributed by atoms with Gasteiger partial charge in [-0.1, -0.05) is 25.9 Å². The van der Waals surface area contributed by atoms with Crippen LogP contribution in [-0.2, 0) is 15.0 Å². The monoisotopic (exact) mass is 272 g/mol. The van der Waals surface area contributed by atoms with E-state index >= 15 is 0 Å². The second-order valence-electron chi connectivity index (χ2n) is 4.76. The molecule has 100 valence electrons. The molecule has 6 nitrogen and oxygen atoms in total. The molecule has 1 amide bonds. The molecule has 0 aromatic carbocycles. The zero-order valence-electron chi connectivity index (χ0n) is 10.5. The maximum atomic E-state index is 11.4. The number of hydrogen-bond acceptors (Lipinski definition) is 5. The highest BCUT2D eigenvalue weighted by atomic mass is 32.2. The molecule has 1 aromatic rings. The van der Waals surface area contributed by atoms with Crippen molar-refractivity contribution in [3.8, 4) is 0 Å². The molecule has 0 fully saturated rings. The second-order valence-corrected chi connectivity index (χ2v) is 5.75. The van der Waals surface area contributed by atoms with Crippen LogP contribution in [0.25, 0.3) is 0 Å². The Morgan fingerprint density at radius 2 is 2.11 bits per heavy atom. The van der Waals surface area contributed by atoms with Crippen LogP contribution in [0.3, 0.4) is 0 Å². The number of carboxylic acid groups (broad SMARTS) is 1. The van der Waals surface area contributed by atoms with Gasteiger partial charge in [-0.15, -0.1) is 11.8 Å². The van der Waals surface area contributed by atoms with Crippen molar-refractivity contribution in [3.63, 3.8) is 0 Å². The number of carboxylic acids is 1. The molecule has 2 N–H and O–H groups in total. The fourth-order valence-corrected chi connectivity index (χ4v) is 1.63. The highest BCUT2D eigenvalue weighted by Gasteiger charge is 2.19. The average Bonchev–Trinajstić information content (AvgIpc) is 2.64. The number of amides is 1. The van der Waals surface area contributed by atoms with Gasteiger partial charge in [0.1, 0.15) is 0 Å². The van der Waals surface area contributed by atoms with E-state index in [-0.39, 0.29) is 28.7 Å². The highest BCUT2D eigenvalue weighted by Crippen LogP contribution is 2.23. The molecule has 0 bridgehead atoms. The molecule has 1 rings (SSSR count). The molecule has 7 heteroatoms. The van der Waals surface area contributed by atoms with Crippen molar-refractivity contribution in [2.75, 3.05) is 16.8 Å². The lowest BCUT2D eigenvalue weighted by Gasteiger charge is -2.12. The van der Waals surface area contributed by atoms with Crippen LogP contribution in [0.15, 0.2) is 10.6 Å². The smallest absolute Gasteiger partial charge is 0.313 e. The quantitative estimate of drug-likeness (QED) is 0.848. The average molecular weight is 272 g/mol. The molecule has 0 spiro atoms. The van der Waals surface area contributed by atoms with E-state index in [4.69, 9.17) is 9.63 Å². The van der Waals surface area contributed by atoms with Crippen molar-refractivity contribution >= 4 is 29.5 Å². The van der Waals surface area contributed by atoms with Gasteiger partial charge in [0.25, 0.3) is 0 Å². The largest absolute Gasteiger partial charge is 0.481 e. The van der Waals surface area contributed by atoms with E-state index in [1.807, 2.05) is 20.8 Å². The minimum atomic E-state index is -0.942. The van der Waals surface area contributed by atoms with Gasteiger partial charge in [0.2, 0.25) is 11.8 Å². The van der Waals surface area contributed by atoms with E-state index in [2.05, 4.69) is 10.5 Å². The molecule has 0 aliphatic carbocycles. The zero-order chi connectivity index (χ0) is 13.8.